The predicted molar refractivity (Wildman–Crippen MR) is 78.5 cm³/mol. The maximum Gasteiger partial charge on any atom is 0.331 e. The molecule has 0 saturated heterocycles. The zero-order valence-corrected chi connectivity index (χ0v) is 12.2. The Labute approximate surface area is 129 Å². The molecule has 0 atom stereocenters. The maximum absolute atomic E-state index is 13.9. The lowest BCUT2D eigenvalue weighted by Crippen LogP contribution is -2.42. The Morgan fingerprint density at radius 3 is 2.82 bits per heavy atom. The quantitative estimate of drug-likeness (QED) is 0.845. The van der Waals surface area contributed by atoms with Crippen LogP contribution in [0.5, 0.6) is 0 Å². The van der Waals surface area contributed by atoms with Crippen LogP contribution in [0.15, 0.2) is 27.8 Å². The van der Waals surface area contributed by atoms with Gasteiger partial charge in [0.25, 0.3) is 5.56 Å². The van der Waals surface area contributed by atoms with Crippen molar-refractivity contribution >= 4 is 11.6 Å². The summed E-state index contributed by atoms with van der Waals surface area (Å²) in [5, 5.41) is 9.33. The van der Waals surface area contributed by atoms with Gasteiger partial charge in [-0.05, 0) is 25.0 Å². The molecule has 3 rings (SSSR count). The fourth-order valence-electron chi connectivity index (χ4n) is 2.73. The highest BCUT2D eigenvalue weighted by molar-refractivity contribution is 6.31. The van der Waals surface area contributed by atoms with Gasteiger partial charge in [0, 0.05) is 22.8 Å². The minimum atomic E-state index is -0.694. The first-order valence-electron chi connectivity index (χ1n) is 6.74. The van der Waals surface area contributed by atoms with Gasteiger partial charge in [-0.15, -0.1) is 0 Å². The Morgan fingerprint density at radius 2 is 2.14 bits per heavy atom. The largest absolute Gasteiger partial charge is 0.331 e. The summed E-state index contributed by atoms with van der Waals surface area (Å²) in [5.41, 5.74) is -0.750. The van der Waals surface area contributed by atoms with Gasteiger partial charge in [-0.25, -0.2) is 9.18 Å². The fraction of sp³-hybridized carbons (Fsp3) is 0.267. The molecule has 2 aromatic rings. The molecule has 0 aliphatic carbocycles. The minimum absolute atomic E-state index is 0.0513. The summed E-state index contributed by atoms with van der Waals surface area (Å²) in [5.74, 6) is -0.595. The third-order valence-electron chi connectivity index (χ3n) is 3.82. The highest BCUT2D eigenvalue weighted by Gasteiger charge is 2.23. The number of nitriles is 1. The van der Waals surface area contributed by atoms with E-state index in [9.17, 15) is 19.2 Å². The van der Waals surface area contributed by atoms with Crippen molar-refractivity contribution in [3.8, 4) is 6.07 Å². The molecular formula is C15H11ClFN3O2. The van der Waals surface area contributed by atoms with E-state index in [2.05, 4.69) is 0 Å². The summed E-state index contributed by atoms with van der Waals surface area (Å²) >= 11 is 5.95. The van der Waals surface area contributed by atoms with E-state index in [0.29, 0.717) is 25.1 Å². The van der Waals surface area contributed by atoms with Crippen molar-refractivity contribution in [1.29, 1.82) is 5.26 Å². The standard InChI is InChI=1S/C15H11ClFN3O2/c16-11-3-1-4-12(17)10(11)8-20-14(21)9(7-18)13-5-2-6-19(13)15(20)22/h1,3-4H,2,5-6,8H2. The molecule has 0 fully saturated rings. The van der Waals surface area contributed by atoms with Crippen molar-refractivity contribution in [1.82, 2.24) is 9.13 Å². The van der Waals surface area contributed by atoms with Crippen LogP contribution in [0.1, 0.15) is 23.2 Å². The first-order valence-corrected chi connectivity index (χ1v) is 7.12. The van der Waals surface area contributed by atoms with E-state index < -0.39 is 17.1 Å². The maximum atomic E-state index is 13.9. The second-order valence-corrected chi connectivity index (χ2v) is 5.47. The predicted octanol–water partition coefficient (Wildman–Crippen LogP) is 1.67. The van der Waals surface area contributed by atoms with Gasteiger partial charge in [0.1, 0.15) is 17.4 Å². The van der Waals surface area contributed by atoms with E-state index in [-0.39, 0.29) is 22.7 Å². The number of halogens is 2. The molecule has 22 heavy (non-hydrogen) atoms. The number of hydrogen-bond donors (Lipinski definition) is 0. The molecule has 0 N–H and O–H groups in total. The molecule has 0 unspecified atom stereocenters. The van der Waals surface area contributed by atoms with Crippen LogP contribution in [0.2, 0.25) is 5.02 Å². The van der Waals surface area contributed by atoms with E-state index >= 15 is 0 Å². The van der Waals surface area contributed by atoms with Crippen molar-refractivity contribution in [2.45, 2.75) is 25.9 Å². The summed E-state index contributed by atoms with van der Waals surface area (Å²) in [6.07, 6.45) is 1.22. The second kappa shape index (κ2) is 5.43. The monoisotopic (exact) mass is 319 g/mol. The van der Waals surface area contributed by atoms with Gasteiger partial charge in [0.2, 0.25) is 0 Å². The number of fused-ring (bicyclic) bond motifs is 1. The van der Waals surface area contributed by atoms with Crippen molar-refractivity contribution in [3.05, 3.63) is 66.7 Å². The Morgan fingerprint density at radius 1 is 1.36 bits per heavy atom. The van der Waals surface area contributed by atoms with Gasteiger partial charge < -0.3 is 0 Å². The number of nitrogens with zero attached hydrogens (tertiary/aromatic N) is 3. The van der Waals surface area contributed by atoms with Crippen LogP contribution in [0.3, 0.4) is 0 Å². The van der Waals surface area contributed by atoms with E-state index in [1.807, 2.05) is 6.07 Å². The lowest BCUT2D eigenvalue weighted by atomic mass is 10.2. The Kier molecular flexibility index (Phi) is 3.59. The van der Waals surface area contributed by atoms with E-state index in [4.69, 9.17) is 11.6 Å². The van der Waals surface area contributed by atoms with E-state index in [1.165, 1.54) is 22.8 Å². The zero-order valence-electron chi connectivity index (χ0n) is 11.5. The average molecular weight is 320 g/mol. The van der Waals surface area contributed by atoms with Gasteiger partial charge in [-0.1, -0.05) is 17.7 Å². The molecular weight excluding hydrogens is 309 g/mol. The summed E-state index contributed by atoms with van der Waals surface area (Å²) < 4.78 is 16.2. The molecule has 1 aromatic heterocycles. The van der Waals surface area contributed by atoms with Crippen LogP contribution in [-0.2, 0) is 19.5 Å². The number of rotatable bonds is 2. The molecule has 5 nitrogen and oxygen atoms in total. The van der Waals surface area contributed by atoms with Crippen LogP contribution in [0.25, 0.3) is 0 Å². The molecule has 1 aromatic carbocycles. The van der Waals surface area contributed by atoms with Crippen molar-refractivity contribution in [3.63, 3.8) is 0 Å². The smallest absolute Gasteiger partial charge is 0.296 e. The second-order valence-electron chi connectivity index (χ2n) is 5.06. The van der Waals surface area contributed by atoms with E-state index in [0.717, 1.165) is 4.57 Å². The fourth-order valence-corrected chi connectivity index (χ4v) is 2.95. The molecule has 0 radical (unpaired) electrons. The van der Waals surface area contributed by atoms with Gasteiger partial charge >= 0.3 is 5.69 Å². The van der Waals surface area contributed by atoms with Gasteiger partial charge in [-0.3, -0.25) is 13.9 Å². The van der Waals surface area contributed by atoms with Crippen molar-refractivity contribution in [2.75, 3.05) is 0 Å². The average Bonchev–Trinajstić information content (AvgIpc) is 2.96. The molecule has 0 saturated carbocycles. The molecule has 0 bridgehead atoms. The highest BCUT2D eigenvalue weighted by atomic mass is 35.5. The Bertz CT molecular complexity index is 904. The summed E-state index contributed by atoms with van der Waals surface area (Å²) in [6.45, 7) is 0.159. The molecule has 0 spiro atoms. The van der Waals surface area contributed by atoms with Crippen molar-refractivity contribution in [2.24, 2.45) is 0 Å². The third kappa shape index (κ3) is 2.14. The normalized spacial score (nSPS) is 13.0. The van der Waals surface area contributed by atoms with Crippen molar-refractivity contribution < 1.29 is 4.39 Å². The summed E-state index contributed by atoms with van der Waals surface area (Å²) in [4.78, 5) is 24.8. The topological polar surface area (TPSA) is 67.8 Å². The zero-order chi connectivity index (χ0) is 15.9. The van der Waals surface area contributed by atoms with Crippen LogP contribution in [0, 0.1) is 17.1 Å². The Balaban J connectivity index is 2.23. The molecule has 7 heteroatoms. The number of benzene rings is 1. The summed E-state index contributed by atoms with van der Waals surface area (Å²) in [6, 6.07) is 6.00. The molecule has 112 valence electrons. The van der Waals surface area contributed by atoms with E-state index in [1.54, 1.807) is 0 Å². The Hall–Kier alpha value is -2.39. The van der Waals surface area contributed by atoms with Crippen LogP contribution in [-0.4, -0.2) is 9.13 Å². The molecule has 0 amide bonds. The first kappa shape index (κ1) is 14.5. The number of aromatic nitrogens is 2. The SMILES string of the molecule is N#Cc1c2n(c(=O)n(Cc3c(F)cccc3Cl)c1=O)CCC2. The highest BCUT2D eigenvalue weighted by Crippen LogP contribution is 2.20. The van der Waals surface area contributed by atoms with Gasteiger partial charge in [0.05, 0.1) is 6.54 Å². The van der Waals surface area contributed by atoms with Gasteiger partial charge in [0.15, 0.2) is 0 Å². The lowest BCUT2D eigenvalue weighted by Gasteiger charge is -2.12. The first-order chi connectivity index (χ1) is 10.5. The third-order valence-corrected chi connectivity index (χ3v) is 4.17. The molecule has 1 aliphatic rings. The molecule has 2 heterocycles. The number of hydrogen-bond acceptors (Lipinski definition) is 3. The minimum Gasteiger partial charge on any atom is -0.296 e. The van der Waals surface area contributed by atoms with Gasteiger partial charge in [-0.2, -0.15) is 5.26 Å². The van der Waals surface area contributed by atoms with Crippen LogP contribution < -0.4 is 11.2 Å². The van der Waals surface area contributed by atoms with Crippen LogP contribution >= 0.6 is 11.6 Å². The summed E-state index contributed by atoms with van der Waals surface area (Å²) in [7, 11) is 0. The molecule has 1 aliphatic heterocycles. The lowest BCUT2D eigenvalue weighted by molar-refractivity contribution is 0.567. The van der Waals surface area contributed by atoms with Crippen LogP contribution in [0.4, 0.5) is 4.39 Å².